The van der Waals surface area contributed by atoms with E-state index in [0.717, 1.165) is 0 Å². The molecule has 40 heavy (non-hydrogen) atoms. The van der Waals surface area contributed by atoms with Crippen LogP contribution >= 0.6 is 0 Å². The maximum atomic E-state index is 13.8. The maximum Gasteiger partial charge on any atom is 0.322 e. The minimum Gasteiger partial charge on any atom is -0.497 e. The smallest absolute Gasteiger partial charge is 0.322 e. The van der Waals surface area contributed by atoms with Crippen molar-refractivity contribution in [2.75, 3.05) is 33.9 Å². The third-order valence-corrected chi connectivity index (χ3v) is 6.76. The predicted octanol–water partition coefficient (Wildman–Crippen LogP) is 1.03. The topological polar surface area (TPSA) is 172 Å². The van der Waals surface area contributed by atoms with E-state index in [1.54, 1.807) is 0 Å². The monoisotopic (exact) mass is 554 g/mol. The number of amides is 6. The molecule has 2 aliphatic heterocycles. The van der Waals surface area contributed by atoms with Crippen molar-refractivity contribution >= 4 is 41.3 Å². The normalized spacial score (nSPS) is 20.5. The number of ether oxygens (including phenoxy) is 1. The number of urea groups is 2. The number of allylic oxidation sites excluding steroid dienone is 1. The summed E-state index contributed by atoms with van der Waals surface area (Å²) < 4.78 is 24.7. The van der Waals surface area contributed by atoms with E-state index in [4.69, 9.17) is 9.15 Å². The van der Waals surface area contributed by atoms with Gasteiger partial charge >= 0.3 is 12.1 Å². The highest BCUT2D eigenvalue weighted by Crippen LogP contribution is 2.34. The molecule has 6 amide bonds. The van der Waals surface area contributed by atoms with Crippen LogP contribution in [0.4, 0.5) is 14.0 Å². The van der Waals surface area contributed by atoms with Crippen molar-refractivity contribution in [3.05, 3.63) is 65.3 Å². The van der Waals surface area contributed by atoms with Crippen molar-refractivity contribution in [3.63, 3.8) is 0 Å². The van der Waals surface area contributed by atoms with Crippen LogP contribution in [-0.4, -0.2) is 74.0 Å². The Morgan fingerprint density at radius 2 is 2.12 bits per heavy atom. The standard InChI is InChI=1S/C26H27FN6O7/c1-14(39-4)5-6-15-11-33(21(35)18(15)9-27)12-26(22(36)30-24(38)32-26)19-8-16-7-17(10-29-20(16)40-19)25(2,13-34)31-23(37)28-3/h5-8,10,13H,1,9,11-12H2,2-4H3,(H2,28,31,37)(H2,30,32,36,38)/b6-5-/t25?,26-/m0/s1. The third-order valence-electron chi connectivity index (χ3n) is 6.76. The van der Waals surface area contributed by atoms with E-state index in [9.17, 15) is 28.4 Å². The van der Waals surface area contributed by atoms with Crippen molar-refractivity contribution in [1.82, 2.24) is 31.2 Å². The van der Waals surface area contributed by atoms with E-state index in [-0.39, 0.29) is 30.1 Å². The summed E-state index contributed by atoms with van der Waals surface area (Å²) >= 11 is 0. The summed E-state index contributed by atoms with van der Waals surface area (Å²) in [5, 5.41) is 9.96. The Balaban J connectivity index is 1.71. The van der Waals surface area contributed by atoms with Gasteiger partial charge in [0.1, 0.15) is 30.0 Å². The lowest BCUT2D eigenvalue weighted by atomic mass is 9.93. The van der Waals surface area contributed by atoms with Crippen molar-refractivity contribution in [2.24, 2.45) is 0 Å². The van der Waals surface area contributed by atoms with Gasteiger partial charge in [-0.25, -0.2) is 19.0 Å². The van der Waals surface area contributed by atoms with Crippen LogP contribution in [0.3, 0.4) is 0 Å². The number of pyridine rings is 1. The van der Waals surface area contributed by atoms with Gasteiger partial charge < -0.3 is 34.8 Å². The molecule has 2 atom stereocenters. The number of halogens is 1. The Morgan fingerprint density at radius 3 is 2.73 bits per heavy atom. The summed E-state index contributed by atoms with van der Waals surface area (Å²) in [5.41, 5.74) is -2.66. The number of furan rings is 1. The number of hydrogen-bond donors (Lipinski definition) is 4. The third kappa shape index (κ3) is 4.90. The second-order valence-electron chi connectivity index (χ2n) is 9.37. The molecule has 1 unspecified atom stereocenters. The SMILES string of the molecule is C=C(/C=C\C1=C(CF)C(=O)N(C[C@@]2(c3cc4cc(C(C)(C=O)NC(=O)NC)cnc4o3)NC(=O)NC2=O)C1)OC. The molecule has 2 aromatic heterocycles. The molecule has 0 radical (unpaired) electrons. The number of carbonyl (C=O) groups excluding carboxylic acids is 5. The Hall–Kier alpha value is -5.01. The van der Waals surface area contributed by atoms with Gasteiger partial charge in [0.2, 0.25) is 5.71 Å². The first-order chi connectivity index (χ1) is 19.0. The molecule has 1 saturated heterocycles. The Kier molecular flexibility index (Phi) is 7.44. The number of nitrogens with zero attached hydrogens (tertiary/aromatic N) is 2. The number of alkyl halides is 1. The Bertz CT molecular complexity index is 1500. The lowest BCUT2D eigenvalue weighted by molar-refractivity contribution is -0.130. The molecule has 0 spiro atoms. The molecule has 2 aromatic rings. The van der Waals surface area contributed by atoms with Gasteiger partial charge in [-0.15, -0.1) is 0 Å². The number of carbonyl (C=O) groups is 5. The lowest BCUT2D eigenvalue weighted by Gasteiger charge is -2.29. The molecule has 4 rings (SSSR count). The molecule has 0 bridgehead atoms. The number of hydrogen-bond acceptors (Lipinski definition) is 8. The molecule has 210 valence electrons. The van der Waals surface area contributed by atoms with Gasteiger partial charge in [-0.05, 0) is 30.7 Å². The zero-order chi connectivity index (χ0) is 29.2. The number of aldehydes is 1. The Labute approximate surface area is 227 Å². The van der Waals surface area contributed by atoms with Gasteiger partial charge in [-0.3, -0.25) is 14.9 Å². The minimum atomic E-state index is -1.86. The fraction of sp³-hybridized carbons (Fsp3) is 0.308. The fourth-order valence-corrected chi connectivity index (χ4v) is 4.42. The number of nitrogens with one attached hydrogen (secondary N) is 4. The number of imide groups is 1. The number of aromatic nitrogens is 1. The van der Waals surface area contributed by atoms with E-state index >= 15 is 0 Å². The highest BCUT2D eigenvalue weighted by molar-refractivity contribution is 6.08. The molecule has 13 nitrogen and oxygen atoms in total. The van der Waals surface area contributed by atoms with Crippen LogP contribution in [0.1, 0.15) is 18.2 Å². The molecule has 2 aliphatic rings. The van der Waals surface area contributed by atoms with E-state index in [2.05, 4.69) is 32.8 Å². The first-order valence-corrected chi connectivity index (χ1v) is 12.0. The van der Waals surface area contributed by atoms with Gasteiger partial charge in [0.25, 0.3) is 11.8 Å². The van der Waals surface area contributed by atoms with Crippen molar-refractivity contribution in [3.8, 4) is 0 Å². The van der Waals surface area contributed by atoms with Crippen LogP contribution < -0.4 is 21.3 Å². The maximum absolute atomic E-state index is 13.8. The van der Waals surface area contributed by atoms with E-state index in [1.165, 1.54) is 56.5 Å². The molecule has 4 heterocycles. The average Bonchev–Trinajstić information content (AvgIpc) is 3.59. The van der Waals surface area contributed by atoms with E-state index < -0.39 is 41.6 Å². The van der Waals surface area contributed by atoms with Crippen LogP contribution in [0, 0.1) is 0 Å². The lowest BCUT2D eigenvalue weighted by Crippen LogP contribution is -2.53. The van der Waals surface area contributed by atoms with Crippen molar-refractivity contribution in [1.29, 1.82) is 0 Å². The second-order valence-corrected chi connectivity index (χ2v) is 9.37. The predicted molar refractivity (Wildman–Crippen MR) is 138 cm³/mol. The van der Waals surface area contributed by atoms with Gasteiger partial charge in [-0.1, -0.05) is 12.7 Å². The molecule has 0 saturated carbocycles. The highest BCUT2D eigenvalue weighted by Gasteiger charge is 2.53. The molecule has 1 fully saturated rings. The first-order valence-electron chi connectivity index (χ1n) is 12.0. The van der Waals surface area contributed by atoms with Crippen LogP contribution in [0.2, 0.25) is 0 Å². The summed E-state index contributed by atoms with van der Waals surface area (Å²) in [6.45, 7) is 3.65. The van der Waals surface area contributed by atoms with Crippen LogP contribution in [0.25, 0.3) is 11.1 Å². The summed E-state index contributed by atoms with van der Waals surface area (Å²) in [6, 6.07) is 1.57. The minimum absolute atomic E-state index is 0.0473. The average molecular weight is 555 g/mol. The van der Waals surface area contributed by atoms with Crippen LogP contribution in [0.5, 0.6) is 0 Å². The highest BCUT2D eigenvalue weighted by atomic mass is 19.1. The van der Waals surface area contributed by atoms with Crippen LogP contribution in [0.15, 0.2) is 58.4 Å². The van der Waals surface area contributed by atoms with E-state index in [0.29, 0.717) is 28.6 Å². The van der Waals surface area contributed by atoms with Crippen molar-refractivity contribution < 1.29 is 37.5 Å². The van der Waals surface area contributed by atoms with E-state index in [1.807, 2.05) is 0 Å². The Morgan fingerprint density at radius 1 is 1.38 bits per heavy atom. The quantitative estimate of drug-likeness (QED) is 0.146. The van der Waals surface area contributed by atoms with Crippen LogP contribution in [-0.2, 0) is 30.2 Å². The second kappa shape index (κ2) is 10.6. The summed E-state index contributed by atoms with van der Waals surface area (Å²) in [4.78, 5) is 67.7. The van der Waals surface area contributed by atoms with Gasteiger partial charge in [0.15, 0.2) is 5.54 Å². The zero-order valence-corrected chi connectivity index (χ0v) is 21.9. The summed E-state index contributed by atoms with van der Waals surface area (Å²) in [6.07, 6.45) is 4.85. The molecular formula is C26H27FN6O7. The number of methoxy groups -OCH3 is 1. The largest absolute Gasteiger partial charge is 0.497 e. The van der Waals surface area contributed by atoms with Gasteiger partial charge in [0, 0.05) is 30.7 Å². The first kappa shape index (κ1) is 28.0. The molecule has 0 aromatic carbocycles. The number of rotatable bonds is 10. The fourth-order valence-electron chi connectivity index (χ4n) is 4.42. The van der Waals surface area contributed by atoms with Gasteiger partial charge in [-0.2, -0.15) is 0 Å². The summed E-state index contributed by atoms with van der Waals surface area (Å²) in [5.74, 6) is -1.20. The number of fused-ring (bicyclic) bond motifs is 1. The van der Waals surface area contributed by atoms with Gasteiger partial charge in [0.05, 0.1) is 19.2 Å². The zero-order valence-electron chi connectivity index (χ0n) is 21.9. The molecular weight excluding hydrogens is 527 g/mol. The molecule has 4 N–H and O–H groups in total. The molecule has 14 heteroatoms. The molecule has 0 aliphatic carbocycles. The summed E-state index contributed by atoms with van der Waals surface area (Å²) in [7, 11) is 2.81. The van der Waals surface area contributed by atoms with Crippen molar-refractivity contribution in [2.45, 2.75) is 18.0 Å².